The van der Waals surface area contributed by atoms with Gasteiger partial charge in [0.05, 0.1) is 11.4 Å². The molecule has 0 bridgehead atoms. The van der Waals surface area contributed by atoms with Crippen molar-refractivity contribution in [2.45, 2.75) is 6.54 Å². The smallest absolute Gasteiger partial charge is 0.263 e. The monoisotopic (exact) mass is 342 g/mol. The number of ether oxygens (including phenoxy) is 1. The Kier molecular flexibility index (Phi) is 5.00. The van der Waals surface area contributed by atoms with E-state index in [4.69, 9.17) is 4.74 Å². The fourth-order valence-electron chi connectivity index (χ4n) is 2.15. The minimum absolute atomic E-state index is 0.111. The SMILES string of the molecule is CN(C)Cc1cc(NC(=O)COc2ccc(-n3cnnn3)cc2)n[nH]1. The van der Waals surface area contributed by atoms with E-state index in [-0.39, 0.29) is 12.5 Å². The first kappa shape index (κ1) is 16.6. The topological polar surface area (TPSA) is 114 Å². The number of H-pyrrole nitrogens is 1. The Morgan fingerprint density at radius 3 is 2.80 bits per heavy atom. The summed E-state index contributed by atoms with van der Waals surface area (Å²) in [6.45, 7) is 0.604. The fraction of sp³-hybridized carbons (Fsp3) is 0.267. The van der Waals surface area contributed by atoms with Crippen LogP contribution in [0.2, 0.25) is 0 Å². The molecular formula is C15H18N8O2. The average Bonchev–Trinajstić information content (AvgIpc) is 3.25. The Labute approximate surface area is 143 Å². The van der Waals surface area contributed by atoms with E-state index >= 15 is 0 Å². The highest BCUT2D eigenvalue weighted by Crippen LogP contribution is 2.14. The number of hydrogen-bond acceptors (Lipinski definition) is 7. The Hall–Kier alpha value is -3.27. The highest BCUT2D eigenvalue weighted by atomic mass is 16.5. The standard InChI is InChI=1S/C15H18N8O2/c1-22(2)8-11-7-14(19-18-11)17-15(24)9-25-13-5-3-12(4-6-13)23-10-16-20-21-23/h3-7,10H,8-9H2,1-2H3,(H2,17,18,19,24). The van der Waals surface area contributed by atoms with Crippen molar-refractivity contribution in [1.29, 1.82) is 0 Å². The maximum absolute atomic E-state index is 11.9. The molecule has 2 aromatic heterocycles. The van der Waals surface area contributed by atoms with Crippen LogP contribution in [0.4, 0.5) is 5.82 Å². The quantitative estimate of drug-likeness (QED) is 0.641. The predicted molar refractivity (Wildman–Crippen MR) is 89.3 cm³/mol. The van der Waals surface area contributed by atoms with E-state index in [1.165, 1.54) is 11.0 Å². The van der Waals surface area contributed by atoms with E-state index < -0.39 is 0 Å². The van der Waals surface area contributed by atoms with Crippen molar-refractivity contribution in [3.05, 3.63) is 42.4 Å². The Balaban J connectivity index is 1.49. The van der Waals surface area contributed by atoms with E-state index in [9.17, 15) is 4.79 Å². The number of carbonyl (C=O) groups excluding carboxylic acids is 1. The van der Waals surface area contributed by atoms with Crippen LogP contribution >= 0.6 is 0 Å². The Bertz CT molecular complexity index is 810. The molecule has 25 heavy (non-hydrogen) atoms. The maximum Gasteiger partial charge on any atom is 0.263 e. The lowest BCUT2D eigenvalue weighted by atomic mass is 10.3. The van der Waals surface area contributed by atoms with Gasteiger partial charge in [0.2, 0.25) is 0 Å². The van der Waals surface area contributed by atoms with E-state index in [1.807, 2.05) is 19.0 Å². The molecule has 0 unspecified atom stereocenters. The number of rotatable bonds is 7. The van der Waals surface area contributed by atoms with E-state index in [2.05, 4.69) is 31.0 Å². The van der Waals surface area contributed by atoms with Crippen LogP contribution in [0.5, 0.6) is 5.75 Å². The second-order valence-corrected chi connectivity index (χ2v) is 5.60. The van der Waals surface area contributed by atoms with E-state index in [0.717, 1.165) is 11.4 Å². The summed E-state index contributed by atoms with van der Waals surface area (Å²) >= 11 is 0. The van der Waals surface area contributed by atoms with Gasteiger partial charge in [0.25, 0.3) is 5.91 Å². The Morgan fingerprint density at radius 2 is 2.12 bits per heavy atom. The second-order valence-electron chi connectivity index (χ2n) is 5.60. The number of anilines is 1. The normalized spacial score (nSPS) is 10.8. The molecule has 10 nitrogen and oxygen atoms in total. The van der Waals surface area contributed by atoms with E-state index in [0.29, 0.717) is 18.1 Å². The zero-order chi connectivity index (χ0) is 17.6. The van der Waals surface area contributed by atoms with Gasteiger partial charge in [-0.3, -0.25) is 9.89 Å². The minimum Gasteiger partial charge on any atom is -0.484 e. The lowest BCUT2D eigenvalue weighted by molar-refractivity contribution is -0.118. The summed E-state index contributed by atoms with van der Waals surface area (Å²) in [7, 11) is 3.91. The molecular weight excluding hydrogens is 324 g/mol. The summed E-state index contributed by atoms with van der Waals surface area (Å²) in [5.41, 5.74) is 1.71. The lowest BCUT2D eigenvalue weighted by Crippen LogP contribution is -2.20. The highest BCUT2D eigenvalue weighted by molar-refractivity contribution is 5.90. The molecule has 10 heteroatoms. The number of carbonyl (C=O) groups is 1. The summed E-state index contributed by atoms with van der Waals surface area (Å²) < 4.78 is 6.99. The van der Waals surface area contributed by atoms with Gasteiger partial charge in [-0.15, -0.1) is 5.10 Å². The predicted octanol–water partition coefficient (Wildman–Crippen LogP) is 0.464. The van der Waals surface area contributed by atoms with Crippen molar-refractivity contribution < 1.29 is 9.53 Å². The second kappa shape index (κ2) is 7.53. The molecule has 3 aromatic rings. The number of aromatic amines is 1. The third-order valence-corrected chi connectivity index (χ3v) is 3.21. The van der Waals surface area contributed by atoms with Crippen LogP contribution in [-0.4, -0.2) is 61.9 Å². The molecule has 0 atom stereocenters. The Morgan fingerprint density at radius 1 is 1.32 bits per heavy atom. The van der Waals surface area contributed by atoms with Crippen LogP contribution in [0.15, 0.2) is 36.7 Å². The molecule has 0 saturated heterocycles. The van der Waals surface area contributed by atoms with Gasteiger partial charge in [0, 0.05) is 12.6 Å². The molecule has 0 aliphatic carbocycles. The molecule has 0 aliphatic heterocycles. The van der Waals surface area contributed by atoms with Gasteiger partial charge in [-0.2, -0.15) is 5.10 Å². The van der Waals surface area contributed by atoms with Gasteiger partial charge in [-0.05, 0) is 48.8 Å². The number of amides is 1. The van der Waals surface area contributed by atoms with Gasteiger partial charge in [-0.25, -0.2) is 4.68 Å². The molecule has 0 aliphatic rings. The summed E-state index contributed by atoms with van der Waals surface area (Å²) in [6, 6.07) is 8.87. The first-order valence-corrected chi connectivity index (χ1v) is 7.55. The molecule has 1 aromatic carbocycles. The number of aromatic nitrogens is 6. The number of hydrogen-bond donors (Lipinski definition) is 2. The van der Waals surface area contributed by atoms with Crippen molar-refractivity contribution in [3.63, 3.8) is 0 Å². The molecule has 0 saturated carbocycles. The largest absolute Gasteiger partial charge is 0.484 e. The number of nitrogens with zero attached hydrogens (tertiary/aromatic N) is 6. The number of nitrogens with one attached hydrogen (secondary N) is 2. The minimum atomic E-state index is -0.285. The van der Waals surface area contributed by atoms with Crippen LogP contribution in [0, 0.1) is 0 Å². The molecule has 2 heterocycles. The molecule has 0 fully saturated rings. The van der Waals surface area contributed by atoms with Gasteiger partial charge < -0.3 is 15.0 Å². The highest BCUT2D eigenvalue weighted by Gasteiger charge is 2.08. The fourth-order valence-corrected chi connectivity index (χ4v) is 2.15. The van der Waals surface area contributed by atoms with Gasteiger partial charge in [0.1, 0.15) is 12.1 Å². The summed E-state index contributed by atoms with van der Waals surface area (Å²) in [4.78, 5) is 13.9. The van der Waals surface area contributed by atoms with Crippen molar-refractivity contribution in [2.24, 2.45) is 0 Å². The summed E-state index contributed by atoms with van der Waals surface area (Å²) in [5.74, 6) is 0.759. The molecule has 0 radical (unpaired) electrons. The van der Waals surface area contributed by atoms with Crippen molar-refractivity contribution >= 4 is 11.7 Å². The third kappa shape index (κ3) is 4.61. The molecule has 3 rings (SSSR count). The van der Waals surface area contributed by atoms with Crippen LogP contribution in [0.1, 0.15) is 5.69 Å². The van der Waals surface area contributed by atoms with Crippen molar-refractivity contribution in [2.75, 3.05) is 26.0 Å². The first-order valence-electron chi connectivity index (χ1n) is 7.55. The van der Waals surface area contributed by atoms with Crippen LogP contribution < -0.4 is 10.1 Å². The summed E-state index contributed by atoms with van der Waals surface area (Å²) in [5, 5.41) is 20.5. The maximum atomic E-state index is 11.9. The van der Waals surface area contributed by atoms with Crippen LogP contribution in [0.25, 0.3) is 5.69 Å². The molecule has 1 amide bonds. The van der Waals surface area contributed by atoms with Crippen LogP contribution in [0.3, 0.4) is 0 Å². The van der Waals surface area contributed by atoms with Crippen LogP contribution in [-0.2, 0) is 11.3 Å². The molecule has 2 N–H and O–H groups in total. The zero-order valence-electron chi connectivity index (χ0n) is 13.9. The molecule has 0 spiro atoms. The molecule has 130 valence electrons. The van der Waals surface area contributed by atoms with E-state index in [1.54, 1.807) is 30.3 Å². The lowest BCUT2D eigenvalue weighted by Gasteiger charge is -2.07. The van der Waals surface area contributed by atoms with Crippen molar-refractivity contribution in [1.82, 2.24) is 35.3 Å². The third-order valence-electron chi connectivity index (χ3n) is 3.21. The average molecular weight is 342 g/mol. The zero-order valence-corrected chi connectivity index (χ0v) is 13.9. The van der Waals surface area contributed by atoms with Gasteiger partial charge in [-0.1, -0.05) is 0 Å². The number of benzene rings is 1. The van der Waals surface area contributed by atoms with Gasteiger partial charge >= 0.3 is 0 Å². The number of tetrazole rings is 1. The summed E-state index contributed by atoms with van der Waals surface area (Å²) in [6.07, 6.45) is 1.50. The van der Waals surface area contributed by atoms with Gasteiger partial charge in [0.15, 0.2) is 12.4 Å². The first-order chi connectivity index (χ1) is 12.1. The van der Waals surface area contributed by atoms with Crippen molar-refractivity contribution in [3.8, 4) is 11.4 Å².